The summed E-state index contributed by atoms with van der Waals surface area (Å²) in [5.41, 5.74) is 9.17. The van der Waals surface area contributed by atoms with Gasteiger partial charge in [0.15, 0.2) is 0 Å². The average Bonchev–Trinajstić information content (AvgIpc) is 3.46. The van der Waals surface area contributed by atoms with Crippen LogP contribution in [0.15, 0.2) is 47.0 Å². The smallest absolute Gasteiger partial charge is 0.329 e. The topological polar surface area (TPSA) is 124 Å². The second kappa shape index (κ2) is 9.48. The van der Waals surface area contributed by atoms with Gasteiger partial charge in [0.25, 0.3) is 5.89 Å². The van der Waals surface area contributed by atoms with Gasteiger partial charge >= 0.3 is 5.97 Å². The first-order valence-corrected chi connectivity index (χ1v) is 11.0. The van der Waals surface area contributed by atoms with Crippen molar-refractivity contribution in [2.75, 3.05) is 5.75 Å². The zero-order valence-electron chi connectivity index (χ0n) is 18.1. The summed E-state index contributed by atoms with van der Waals surface area (Å²) in [6.45, 7) is 3.79. The average molecular weight is 463 g/mol. The molecule has 0 spiro atoms. The van der Waals surface area contributed by atoms with Crippen LogP contribution in [0.1, 0.15) is 30.5 Å². The number of carbonyl (C=O) groups excluding carboxylic acids is 1. The number of carbonyl (C=O) groups is 1. The van der Waals surface area contributed by atoms with Crippen LogP contribution >= 0.6 is 12.6 Å². The fourth-order valence-electron chi connectivity index (χ4n) is 3.46. The predicted octanol–water partition coefficient (Wildman–Crippen LogP) is 3.76. The molecule has 0 amide bonds. The summed E-state index contributed by atoms with van der Waals surface area (Å²) >= 11 is 4.04. The van der Waals surface area contributed by atoms with Crippen LogP contribution < -0.4 is 10.5 Å². The molecule has 1 atom stereocenters. The number of nitriles is 1. The monoisotopic (exact) mass is 462 g/mol. The molecular weight excluding hydrogens is 440 g/mol. The third-order valence-electron chi connectivity index (χ3n) is 5.02. The van der Waals surface area contributed by atoms with Gasteiger partial charge in [-0.3, -0.25) is 0 Å². The SMILES string of the molecule is CC(C)Oc1ccc(-c2nc(-c3cccc4c3CC=C4OC(=O)C(N)CS)no2)cc1C#N. The van der Waals surface area contributed by atoms with E-state index in [9.17, 15) is 10.1 Å². The Morgan fingerprint density at radius 3 is 2.82 bits per heavy atom. The molecule has 0 bridgehead atoms. The summed E-state index contributed by atoms with van der Waals surface area (Å²) < 4.78 is 16.6. The van der Waals surface area contributed by atoms with Crippen molar-refractivity contribution in [2.24, 2.45) is 5.73 Å². The van der Waals surface area contributed by atoms with E-state index in [0.717, 1.165) is 16.7 Å². The number of benzene rings is 2. The zero-order valence-corrected chi connectivity index (χ0v) is 19.0. The first-order chi connectivity index (χ1) is 15.9. The summed E-state index contributed by atoms with van der Waals surface area (Å²) in [7, 11) is 0. The number of allylic oxidation sites excluding steroid dienone is 1. The van der Waals surface area contributed by atoms with E-state index >= 15 is 0 Å². The Morgan fingerprint density at radius 1 is 1.30 bits per heavy atom. The Bertz CT molecular complexity index is 1280. The minimum atomic E-state index is -0.795. The first-order valence-electron chi connectivity index (χ1n) is 10.4. The number of nitrogens with zero attached hydrogens (tertiary/aromatic N) is 3. The van der Waals surface area contributed by atoms with E-state index < -0.39 is 12.0 Å². The molecule has 168 valence electrons. The van der Waals surface area contributed by atoms with Crippen molar-refractivity contribution in [2.45, 2.75) is 32.4 Å². The quantitative estimate of drug-likeness (QED) is 0.402. The van der Waals surface area contributed by atoms with Crippen molar-refractivity contribution in [1.29, 1.82) is 5.26 Å². The predicted molar refractivity (Wildman–Crippen MR) is 125 cm³/mol. The van der Waals surface area contributed by atoms with Gasteiger partial charge in [-0.2, -0.15) is 22.9 Å². The number of thiol groups is 1. The van der Waals surface area contributed by atoms with Crippen LogP contribution in [0.2, 0.25) is 0 Å². The van der Waals surface area contributed by atoms with Crippen LogP contribution in [0, 0.1) is 11.3 Å². The van der Waals surface area contributed by atoms with Gasteiger partial charge in [-0.25, -0.2) is 4.79 Å². The van der Waals surface area contributed by atoms with Crippen LogP contribution in [0.25, 0.3) is 28.6 Å². The molecule has 0 aliphatic heterocycles. The molecule has 9 heteroatoms. The molecule has 2 N–H and O–H groups in total. The molecule has 1 aliphatic carbocycles. The van der Waals surface area contributed by atoms with Crippen molar-refractivity contribution in [1.82, 2.24) is 10.1 Å². The van der Waals surface area contributed by atoms with Gasteiger partial charge in [0, 0.05) is 22.4 Å². The molecule has 0 saturated heterocycles. The van der Waals surface area contributed by atoms with Gasteiger partial charge in [-0.15, -0.1) is 0 Å². The van der Waals surface area contributed by atoms with Crippen LogP contribution in [0.5, 0.6) is 5.75 Å². The lowest BCUT2D eigenvalue weighted by Gasteiger charge is -2.11. The molecule has 4 rings (SSSR count). The molecule has 8 nitrogen and oxygen atoms in total. The normalized spacial score (nSPS) is 13.3. The highest BCUT2D eigenvalue weighted by atomic mass is 32.1. The van der Waals surface area contributed by atoms with E-state index in [2.05, 4.69) is 28.8 Å². The minimum Gasteiger partial charge on any atom is -0.490 e. The lowest BCUT2D eigenvalue weighted by Crippen LogP contribution is -2.33. The van der Waals surface area contributed by atoms with Crippen LogP contribution in [0.4, 0.5) is 0 Å². The summed E-state index contributed by atoms with van der Waals surface area (Å²) in [5.74, 6) is 1.31. The van der Waals surface area contributed by atoms with Crippen LogP contribution in [0.3, 0.4) is 0 Å². The van der Waals surface area contributed by atoms with Gasteiger partial charge in [0.1, 0.15) is 23.6 Å². The molecule has 0 saturated carbocycles. The number of esters is 1. The summed E-state index contributed by atoms with van der Waals surface area (Å²) in [5, 5.41) is 13.6. The van der Waals surface area contributed by atoms with E-state index in [1.807, 2.05) is 38.1 Å². The molecule has 1 heterocycles. The highest BCUT2D eigenvalue weighted by Gasteiger charge is 2.25. The maximum Gasteiger partial charge on any atom is 0.329 e. The second-order valence-corrected chi connectivity index (χ2v) is 8.09. The van der Waals surface area contributed by atoms with Crippen molar-refractivity contribution >= 4 is 24.4 Å². The van der Waals surface area contributed by atoms with E-state index in [1.54, 1.807) is 18.2 Å². The highest BCUT2D eigenvalue weighted by Crippen LogP contribution is 2.36. The van der Waals surface area contributed by atoms with Gasteiger partial charge in [0.2, 0.25) is 5.82 Å². The Morgan fingerprint density at radius 2 is 2.09 bits per heavy atom. The lowest BCUT2D eigenvalue weighted by molar-refractivity contribution is -0.137. The summed E-state index contributed by atoms with van der Waals surface area (Å²) in [6, 6.07) is 12.1. The van der Waals surface area contributed by atoms with Gasteiger partial charge in [-0.1, -0.05) is 23.4 Å². The maximum absolute atomic E-state index is 12.1. The van der Waals surface area contributed by atoms with Gasteiger partial charge < -0.3 is 19.7 Å². The van der Waals surface area contributed by atoms with Crippen LogP contribution in [-0.2, 0) is 16.0 Å². The van der Waals surface area contributed by atoms with Crippen LogP contribution in [-0.4, -0.2) is 34.0 Å². The maximum atomic E-state index is 12.1. The number of hydrogen-bond acceptors (Lipinski definition) is 9. The highest BCUT2D eigenvalue weighted by molar-refractivity contribution is 7.80. The molecule has 1 aromatic heterocycles. The molecule has 0 fully saturated rings. The number of nitrogens with two attached hydrogens (primary N) is 1. The van der Waals surface area contributed by atoms with Crippen molar-refractivity contribution in [3.05, 3.63) is 59.2 Å². The standard InChI is InChI=1S/C24H22N4O4S/c1-13(2)30-20-8-6-14(10-15(20)11-25)23-27-22(28-32-23)18-5-3-4-17-16(18)7-9-21(17)31-24(29)19(26)12-33/h3-6,8-10,13,19,33H,7,12,26H2,1-2H3. The Kier molecular flexibility index (Phi) is 6.49. The van der Waals surface area contributed by atoms with E-state index in [-0.39, 0.29) is 17.7 Å². The number of ether oxygens (including phenoxy) is 2. The fourth-order valence-corrected chi connectivity index (χ4v) is 3.61. The summed E-state index contributed by atoms with van der Waals surface area (Å²) in [4.78, 5) is 16.6. The van der Waals surface area contributed by atoms with Gasteiger partial charge in [0.05, 0.1) is 11.7 Å². The largest absolute Gasteiger partial charge is 0.490 e. The van der Waals surface area contributed by atoms with Crippen molar-refractivity contribution in [3.8, 4) is 34.7 Å². The van der Waals surface area contributed by atoms with E-state index in [4.69, 9.17) is 19.7 Å². The molecule has 1 aliphatic rings. The first kappa shape index (κ1) is 22.6. The Hall–Kier alpha value is -3.61. The second-order valence-electron chi connectivity index (χ2n) is 7.73. The van der Waals surface area contributed by atoms with E-state index in [1.165, 1.54) is 0 Å². The fraction of sp³-hybridized carbons (Fsp3) is 0.250. The molecule has 2 aromatic carbocycles. The zero-order chi connectivity index (χ0) is 23.5. The van der Waals surface area contributed by atoms with Gasteiger partial charge in [-0.05, 0) is 50.1 Å². The molecule has 0 radical (unpaired) electrons. The van der Waals surface area contributed by atoms with Crippen molar-refractivity contribution < 1.29 is 18.8 Å². The summed E-state index contributed by atoms with van der Waals surface area (Å²) in [6.07, 6.45) is 2.32. The third kappa shape index (κ3) is 4.62. The molecule has 1 unspecified atom stereocenters. The third-order valence-corrected chi connectivity index (χ3v) is 5.41. The van der Waals surface area contributed by atoms with E-state index in [0.29, 0.717) is 34.9 Å². The minimum absolute atomic E-state index is 0.0513. The number of rotatable bonds is 7. The lowest BCUT2D eigenvalue weighted by atomic mass is 10.0. The molecular formula is C24H22N4O4S. The molecule has 3 aromatic rings. The van der Waals surface area contributed by atoms with Crippen molar-refractivity contribution in [3.63, 3.8) is 0 Å². The number of hydrogen-bond donors (Lipinski definition) is 2. The molecule has 33 heavy (non-hydrogen) atoms. The number of aromatic nitrogens is 2. The Balaban J connectivity index is 1.61. The Labute approximate surface area is 196 Å². The number of fused-ring (bicyclic) bond motifs is 1.